The van der Waals surface area contributed by atoms with Crippen LogP contribution in [0.1, 0.15) is 85.0 Å². The Hall–Kier alpha value is -0.370. The second-order valence-electron chi connectivity index (χ2n) is 5.93. The smallest absolute Gasteiger partial charge is 0.149 e. The lowest BCUT2D eigenvalue weighted by Gasteiger charge is -2.12. The largest absolute Gasteiger partial charge is 0.322 e. The van der Waals surface area contributed by atoms with Crippen LogP contribution in [0.4, 0.5) is 0 Å². The molecule has 18 heavy (non-hydrogen) atoms. The van der Waals surface area contributed by atoms with Gasteiger partial charge in [0.1, 0.15) is 5.78 Å². The van der Waals surface area contributed by atoms with E-state index in [1.54, 1.807) is 0 Å². The van der Waals surface area contributed by atoms with Crippen LogP contribution in [0.5, 0.6) is 0 Å². The van der Waals surface area contributed by atoms with Crippen LogP contribution < -0.4 is 5.73 Å². The number of carbonyl (C=O) groups is 1. The van der Waals surface area contributed by atoms with Crippen molar-refractivity contribution in [2.24, 2.45) is 11.7 Å². The summed E-state index contributed by atoms with van der Waals surface area (Å²) in [5.41, 5.74) is 5.86. The van der Waals surface area contributed by atoms with Crippen molar-refractivity contribution in [2.45, 2.75) is 91.0 Å². The molecule has 0 rings (SSSR count). The Kier molecular flexibility index (Phi) is 11.5. The van der Waals surface area contributed by atoms with E-state index in [2.05, 4.69) is 20.8 Å². The maximum atomic E-state index is 11.7. The van der Waals surface area contributed by atoms with E-state index >= 15 is 0 Å². The van der Waals surface area contributed by atoms with Crippen molar-refractivity contribution >= 4 is 5.78 Å². The van der Waals surface area contributed by atoms with E-state index in [4.69, 9.17) is 5.73 Å². The van der Waals surface area contributed by atoms with Gasteiger partial charge in [-0.3, -0.25) is 4.79 Å². The van der Waals surface area contributed by atoms with E-state index in [1.165, 1.54) is 44.9 Å². The summed E-state index contributed by atoms with van der Waals surface area (Å²) in [6, 6.07) is -0.227. The molecule has 0 saturated carbocycles. The molecule has 0 aliphatic carbocycles. The van der Waals surface area contributed by atoms with E-state index in [0.29, 0.717) is 12.3 Å². The van der Waals surface area contributed by atoms with Crippen LogP contribution in [0.2, 0.25) is 0 Å². The first kappa shape index (κ1) is 17.6. The maximum absolute atomic E-state index is 11.7. The molecule has 0 fully saturated rings. The Bertz CT molecular complexity index is 201. The summed E-state index contributed by atoms with van der Waals surface area (Å²) in [5, 5.41) is 0. The van der Waals surface area contributed by atoms with Crippen LogP contribution >= 0.6 is 0 Å². The molecule has 0 saturated heterocycles. The number of hydrogen-bond donors (Lipinski definition) is 1. The monoisotopic (exact) mass is 255 g/mol. The van der Waals surface area contributed by atoms with Crippen LogP contribution in [0, 0.1) is 5.92 Å². The van der Waals surface area contributed by atoms with Crippen molar-refractivity contribution in [3.05, 3.63) is 0 Å². The minimum Gasteiger partial charge on any atom is -0.322 e. The predicted molar refractivity (Wildman–Crippen MR) is 79.7 cm³/mol. The zero-order chi connectivity index (χ0) is 13.8. The van der Waals surface area contributed by atoms with Gasteiger partial charge in [0.2, 0.25) is 0 Å². The van der Waals surface area contributed by atoms with Gasteiger partial charge in [-0.1, -0.05) is 65.7 Å². The first-order valence-corrected chi connectivity index (χ1v) is 7.86. The van der Waals surface area contributed by atoms with Crippen molar-refractivity contribution in [1.82, 2.24) is 0 Å². The third-order valence-electron chi connectivity index (χ3n) is 3.42. The van der Waals surface area contributed by atoms with Crippen LogP contribution in [-0.2, 0) is 4.79 Å². The number of rotatable bonds is 12. The fourth-order valence-corrected chi connectivity index (χ4v) is 2.26. The second-order valence-corrected chi connectivity index (χ2v) is 5.93. The molecule has 0 aliphatic rings. The molecular weight excluding hydrogens is 222 g/mol. The Morgan fingerprint density at radius 3 is 1.94 bits per heavy atom. The normalized spacial score (nSPS) is 12.9. The summed E-state index contributed by atoms with van der Waals surface area (Å²) >= 11 is 0. The number of unbranched alkanes of at least 4 members (excludes halogenated alkanes) is 7. The highest BCUT2D eigenvalue weighted by Gasteiger charge is 2.13. The Morgan fingerprint density at radius 1 is 0.944 bits per heavy atom. The van der Waals surface area contributed by atoms with E-state index in [9.17, 15) is 4.79 Å². The lowest BCUT2D eigenvalue weighted by atomic mass is 9.97. The van der Waals surface area contributed by atoms with Gasteiger partial charge in [0.05, 0.1) is 6.04 Å². The van der Waals surface area contributed by atoms with Gasteiger partial charge in [-0.25, -0.2) is 0 Å². The Morgan fingerprint density at radius 2 is 1.44 bits per heavy atom. The van der Waals surface area contributed by atoms with Gasteiger partial charge >= 0.3 is 0 Å². The van der Waals surface area contributed by atoms with Gasteiger partial charge in [-0.2, -0.15) is 0 Å². The molecule has 2 nitrogen and oxygen atoms in total. The average Bonchev–Trinajstić information content (AvgIpc) is 2.31. The van der Waals surface area contributed by atoms with Crippen molar-refractivity contribution in [1.29, 1.82) is 0 Å². The Balaban J connectivity index is 3.35. The SMILES string of the molecule is CCCCCCCCCCC(=O)C(N)CC(C)C. The van der Waals surface area contributed by atoms with Gasteiger partial charge < -0.3 is 5.73 Å². The van der Waals surface area contributed by atoms with Crippen LogP contribution in [-0.4, -0.2) is 11.8 Å². The fourth-order valence-electron chi connectivity index (χ4n) is 2.26. The van der Waals surface area contributed by atoms with Crippen LogP contribution in [0.3, 0.4) is 0 Å². The molecule has 0 aromatic heterocycles. The number of ketones is 1. The van der Waals surface area contributed by atoms with Crippen molar-refractivity contribution in [3.63, 3.8) is 0 Å². The highest BCUT2D eigenvalue weighted by molar-refractivity contribution is 5.83. The molecule has 1 atom stereocenters. The maximum Gasteiger partial charge on any atom is 0.149 e. The molecule has 0 aromatic carbocycles. The van der Waals surface area contributed by atoms with Crippen LogP contribution in [0.25, 0.3) is 0 Å². The fraction of sp³-hybridized carbons (Fsp3) is 0.938. The summed E-state index contributed by atoms with van der Waals surface area (Å²) in [5.74, 6) is 0.775. The summed E-state index contributed by atoms with van der Waals surface area (Å²) in [6.07, 6.45) is 11.7. The van der Waals surface area contributed by atoms with E-state index in [0.717, 1.165) is 12.8 Å². The number of carbonyl (C=O) groups excluding carboxylic acids is 1. The molecular formula is C16H33NO. The molecule has 0 amide bonds. The number of nitrogens with two attached hydrogens (primary N) is 1. The third-order valence-corrected chi connectivity index (χ3v) is 3.42. The molecule has 1 unspecified atom stereocenters. The van der Waals surface area contributed by atoms with Crippen molar-refractivity contribution < 1.29 is 4.79 Å². The highest BCUT2D eigenvalue weighted by Crippen LogP contribution is 2.11. The number of hydrogen-bond acceptors (Lipinski definition) is 2. The van der Waals surface area contributed by atoms with Gasteiger partial charge in [0, 0.05) is 6.42 Å². The third kappa shape index (κ3) is 10.8. The second kappa shape index (κ2) is 11.7. The lowest BCUT2D eigenvalue weighted by Crippen LogP contribution is -2.31. The van der Waals surface area contributed by atoms with Gasteiger partial charge in [-0.05, 0) is 18.8 Å². The summed E-state index contributed by atoms with van der Waals surface area (Å²) in [7, 11) is 0. The molecule has 0 radical (unpaired) electrons. The summed E-state index contributed by atoms with van der Waals surface area (Å²) < 4.78 is 0. The number of Topliss-reactive ketones (excluding diaryl/α,β-unsaturated/α-hetero) is 1. The molecule has 108 valence electrons. The van der Waals surface area contributed by atoms with Crippen LogP contribution in [0.15, 0.2) is 0 Å². The molecule has 0 spiro atoms. The highest BCUT2D eigenvalue weighted by atomic mass is 16.1. The van der Waals surface area contributed by atoms with E-state index in [1.807, 2.05) is 0 Å². The summed E-state index contributed by atoms with van der Waals surface area (Å²) in [4.78, 5) is 11.7. The predicted octanol–water partition coefficient (Wildman–Crippen LogP) is 4.46. The Labute approximate surface area is 114 Å². The topological polar surface area (TPSA) is 43.1 Å². The van der Waals surface area contributed by atoms with E-state index in [-0.39, 0.29) is 11.8 Å². The first-order valence-electron chi connectivity index (χ1n) is 7.86. The van der Waals surface area contributed by atoms with Gasteiger partial charge in [-0.15, -0.1) is 0 Å². The van der Waals surface area contributed by atoms with Gasteiger partial charge in [0.25, 0.3) is 0 Å². The quantitative estimate of drug-likeness (QED) is 0.523. The molecule has 2 heteroatoms. The molecule has 2 N–H and O–H groups in total. The first-order chi connectivity index (χ1) is 8.57. The molecule has 0 bridgehead atoms. The standard InChI is InChI=1S/C16H33NO/c1-4-5-6-7-8-9-10-11-12-16(18)15(17)13-14(2)3/h14-15H,4-13,17H2,1-3H3. The summed E-state index contributed by atoms with van der Waals surface area (Å²) in [6.45, 7) is 6.47. The van der Waals surface area contributed by atoms with E-state index < -0.39 is 0 Å². The zero-order valence-corrected chi connectivity index (χ0v) is 12.7. The molecule has 0 aromatic rings. The molecule has 0 heterocycles. The van der Waals surface area contributed by atoms with Crippen molar-refractivity contribution in [3.8, 4) is 0 Å². The average molecular weight is 255 g/mol. The zero-order valence-electron chi connectivity index (χ0n) is 12.7. The minimum absolute atomic E-state index is 0.227. The van der Waals surface area contributed by atoms with Crippen molar-refractivity contribution in [2.75, 3.05) is 0 Å². The van der Waals surface area contributed by atoms with Gasteiger partial charge in [0.15, 0.2) is 0 Å². The lowest BCUT2D eigenvalue weighted by molar-refractivity contribution is -0.120. The minimum atomic E-state index is -0.227. The molecule has 0 aliphatic heterocycles.